The van der Waals surface area contributed by atoms with Gasteiger partial charge in [-0.1, -0.05) is 0 Å². The fourth-order valence-electron chi connectivity index (χ4n) is 1.04. The third-order valence-electron chi connectivity index (χ3n) is 1.64. The lowest BCUT2D eigenvalue weighted by atomic mass is 10.3. The smallest absolute Gasteiger partial charge is 0.272 e. The van der Waals surface area contributed by atoms with E-state index < -0.39 is 0 Å². The topological polar surface area (TPSA) is 61.6 Å². The molecule has 1 heterocycles. The molecule has 0 atom stereocenters. The van der Waals surface area contributed by atoms with E-state index in [0.717, 1.165) is 0 Å². The van der Waals surface area contributed by atoms with Gasteiger partial charge in [-0.3, -0.25) is 9.36 Å². The number of hydrogen-bond acceptors (Lipinski definition) is 3. The summed E-state index contributed by atoms with van der Waals surface area (Å²) in [5.74, 6) is 0. The zero-order valence-electron chi connectivity index (χ0n) is 7.37. The first-order valence-corrected chi connectivity index (χ1v) is 4.23. The van der Waals surface area contributed by atoms with Crippen molar-refractivity contribution in [2.24, 2.45) is 0 Å². The molecule has 0 spiro atoms. The molecule has 68 valence electrons. The molecule has 5 heteroatoms. The summed E-state index contributed by atoms with van der Waals surface area (Å²) in [7, 11) is 0. The van der Waals surface area contributed by atoms with Gasteiger partial charge in [0.1, 0.15) is 11.6 Å². The van der Waals surface area contributed by atoms with E-state index in [-0.39, 0.29) is 17.2 Å². The van der Waals surface area contributed by atoms with Crippen LogP contribution in [0, 0.1) is 16.1 Å². The fraction of sp³-hybridized carbons (Fsp3) is 0.375. The van der Waals surface area contributed by atoms with Gasteiger partial charge in [0.05, 0.1) is 0 Å². The Balaban J connectivity index is 3.61. The monoisotopic (exact) mass is 195 g/mol. The molecule has 0 radical (unpaired) electrons. The molecule has 0 unspecified atom stereocenters. The minimum atomic E-state index is -0.332. The van der Waals surface area contributed by atoms with Gasteiger partial charge >= 0.3 is 0 Å². The Morgan fingerprint density at radius 3 is 2.77 bits per heavy atom. The van der Waals surface area contributed by atoms with Crippen LogP contribution in [0.3, 0.4) is 0 Å². The predicted molar refractivity (Wildman–Crippen MR) is 51.0 cm³/mol. The van der Waals surface area contributed by atoms with E-state index in [1.165, 1.54) is 10.8 Å². The Kier molecular flexibility index (Phi) is 2.63. The van der Waals surface area contributed by atoms with Crippen LogP contribution in [0.4, 0.5) is 0 Å². The first-order chi connectivity index (χ1) is 6.07. The molecule has 0 saturated carbocycles. The lowest BCUT2D eigenvalue weighted by Crippen LogP contribution is -2.25. The molecule has 0 aliphatic heterocycles. The molecule has 0 saturated heterocycles. The first-order valence-electron chi connectivity index (χ1n) is 3.82. The minimum Gasteiger partial charge on any atom is -0.337 e. The first kappa shape index (κ1) is 9.68. The SMILES string of the molecule is CC(C)n1c(=S)[nH]cc(C#N)c1=O. The molecule has 13 heavy (non-hydrogen) atoms. The molecule has 0 aromatic carbocycles. The number of H-pyrrole nitrogens is 1. The number of nitrogens with one attached hydrogen (secondary N) is 1. The Morgan fingerprint density at radius 2 is 2.31 bits per heavy atom. The van der Waals surface area contributed by atoms with Crippen LogP contribution in [-0.4, -0.2) is 9.55 Å². The highest BCUT2D eigenvalue weighted by atomic mass is 32.1. The van der Waals surface area contributed by atoms with Gasteiger partial charge in [0, 0.05) is 12.2 Å². The van der Waals surface area contributed by atoms with Crippen LogP contribution in [0.25, 0.3) is 0 Å². The summed E-state index contributed by atoms with van der Waals surface area (Å²) in [6.45, 7) is 3.68. The van der Waals surface area contributed by atoms with Crippen molar-refractivity contribution < 1.29 is 0 Å². The lowest BCUT2D eigenvalue weighted by molar-refractivity contribution is 0.557. The van der Waals surface area contributed by atoms with Gasteiger partial charge in [0.15, 0.2) is 4.77 Å². The van der Waals surface area contributed by atoms with Crippen molar-refractivity contribution in [3.8, 4) is 6.07 Å². The molecular weight excluding hydrogens is 186 g/mol. The van der Waals surface area contributed by atoms with Gasteiger partial charge in [-0.25, -0.2) is 0 Å². The van der Waals surface area contributed by atoms with Crippen molar-refractivity contribution in [2.75, 3.05) is 0 Å². The summed E-state index contributed by atoms with van der Waals surface area (Å²) in [5.41, 5.74) is -0.247. The van der Waals surface area contributed by atoms with Crippen LogP contribution in [0.15, 0.2) is 11.0 Å². The maximum absolute atomic E-state index is 11.5. The summed E-state index contributed by atoms with van der Waals surface area (Å²) in [6, 6.07) is 1.77. The third-order valence-corrected chi connectivity index (χ3v) is 1.96. The largest absolute Gasteiger partial charge is 0.337 e. The van der Waals surface area contributed by atoms with Crippen LogP contribution >= 0.6 is 12.2 Å². The van der Waals surface area contributed by atoms with E-state index in [0.29, 0.717) is 4.77 Å². The van der Waals surface area contributed by atoms with Crippen LogP contribution in [0.5, 0.6) is 0 Å². The van der Waals surface area contributed by atoms with Crippen LogP contribution in [0.1, 0.15) is 25.5 Å². The molecule has 0 bridgehead atoms. The maximum atomic E-state index is 11.5. The number of hydrogen-bond donors (Lipinski definition) is 1. The molecule has 0 amide bonds. The molecular formula is C8H9N3OS. The second-order valence-corrected chi connectivity index (χ2v) is 3.27. The highest BCUT2D eigenvalue weighted by Gasteiger charge is 2.06. The second-order valence-electron chi connectivity index (χ2n) is 2.89. The van der Waals surface area contributed by atoms with Gasteiger partial charge < -0.3 is 4.98 Å². The Bertz CT molecular complexity index is 464. The van der Waals surface area contributed by atoms with Crippen molar-refractivity contribution in [1.29, 1.82) is 5.26 Å². The second kappa shape index (κ2) is 3.54. The van der Waals surface area contributed by atoms with Crippen molar-refractivity contribution in [3.63, 3.8) is 0 Å². The number of aromatic amines is 1. The minimum absolute atomic E-state index is 0.0375. The van der Waals surface area contributed by atoms with Crippen molar-refractivity contribution in [2.45, 2.75) is 19.9 Å². The highest BCUT2D eigenvalue weighted by Crippen LogP contribution is 2.00. The van der Waals surface area contributed by atoms with Crippen molar-refractivity contribution >= 4 is 12.2 Å². The maximum Gasteiger partial charge on any atom is 0.272 e. The Labute approximate surface area is 80.5 Å². The van der Waals surface area contributed by atoms with Crippen molar-refractivity contribution in [3.05, 3.63) is 26.9 Å². The quantitative estimate of drug-likeness (QED) is 0.688. The predicted octanol–water partition coefficient (Wildman–Crippen LogP) is 1.36. The van der Waals surface area contributed by atoms with E-state index in [4.69, 9.17) is 17.5 Å². The van der Waals surface area contributed by atoms with Gasteiger partial charge in [-0.15, -0.1) is 0 Å². The van der Waals surface area contributed by atoms with E-state index in [2.05, 4.69) is 4.98 Å². The van der Waals surface area contributed by atoms with Crippen LogP contribution in [0.2, 0.25) is 0 Å². The molecule has 1 aromatic heterocycles. The average molecular weight is 195 g/mol. The molecule has 1 rings (SSSR count). The van der Waals surface area contributed by atoms with Gasteiger partial charge in [0.2, 0.25) is 0 Å². The van der Waals surface area contributed by atoms with Crippen molar-refractivity contribution in [1.82, 2.24) is 9.55 Å². The zero-order valence-corrected chi connectivity index (χ0v) is 8.18. The van der Waals surface area contributed by atoms with E-state index in [1.54, 1.807) is 6.07 Å². The molecule has 4 nitrogen and oxygen atoms in total. The molecule has 1 N–H and O–H groups in total. The third kappa shape index (κ3) is 1.68. The highest BCUT2D eigenvalue weighted by molar-refractivity contribution is 7.71. The number of aromatic nitrogens is 2. The molecule has 0 fully saturated rings. The average Bonchev–Trinajstić information content (AvgIpc) is 2.04. The van der Waals surface area contributed by atoms with Gasteiger partial charge in [-0.05, 0) is 26.1 Å². The Hall–Kier alpha value is -1.41. The number of rotatable bonds is 1. The van der Waals surface area contributed by atoms with E-state index in [9.17, 15) is 4.79 Å². The number of nitriles is 1. The Morgan fingerprint density at radius 1 is 1.69 bits per heavy atom. The standard InChI is InChI=1S/C8H9N3OS/c1-5(2)11-7(12)6(3-9)4-10-8(11)13/h4-5H,1-2H3,(H,10,13). The normalized spacial score (nSPS) is 10.0. The fourth-order valence-corrected chi connectivity index (χ4v) is 1.39. The summed E-state index contributed by atoms with van der Waals surface area (Å²) in [4.78, 5) is 14.2. The molecule has 0 aliphatic rings. The van der Waals surface area contributed by atoms with Crippen LogP contribution < -0.4 is 5.56 Å². The summed E-state index contributed by atoms with van der Waals surface area (Å²) in [5, 5.41) is 8.60. The zero-order chi connectivity index (χ0) is 10.0. The van der Waals surface area contributed by atoms with E-state index >= 15 is 0 Å². The van der Waals surface area contributed by atoms with Gasteiger partial charge in [-0.2, -0.15) is 5.26 Å². The lowest BCUT2D eigenvalue weighted by Gasteiger charge is -2.08. The summed E-state index contributed by atoms with van der Waals surface area (Å²) < 4.78 is 1.73. The molecule has 0 aliphatic carbocycles. The van der Waals surface area contributed by atoms with E-state index in [1.807, 2.05) is 13.8 Å². The summed E-state index contributed by atoms with van der Waals surface area (Å²) in [6.07, 6.45) is 1.34. The van der Waals surface area contributed by atoms with Gasteiger partial charge in [0.25, 0.3) is 5.56 Å². The number of nitrogens with zero attached hydrogens (tertiary/aromatic N) is 2. The summed E-state index contributed by atoms with van der Waals surface area (Å²) >= 11 is 4.92. The molecule has 1 aromatic rings. The van der Waals surface area contributed by atoms with Crippen LogP contribution in [-0.2, 0) is 0 Å².